The Morgan fingerprint density at radius 3 is 2.54 bits per heavy atom. The van der Waals surface area contributed by atoms with Crippen LogP contribution in [0, 0.1) is 6.92 Å². The van der Waals surface area contributed by atoms with Crippen LogP contribution in [-0.4, -0.2) is 37.8 Å². The van der Waals surface area contributed by atoms with E-state index in [0.717, 1.165) is 36.3 Å². The minimum atomic E-state index is 0.194. The lowest BCUT2D eigenvalue weighted by molar-refractivity contribution is 0.228. The molecule has 0 aliphatic carbocycles. The number of benzene rings is 2. The van der Waals surface area contributed by atoms with Gasteiger partial charge in [-0.1, -0.05) is 12.1 Å². The summed E-state index contributed by atoms with van der Waals surface area (Å²) >= 11 is 0. The van der Waals surface area contributed by atoms with E-state index >= 15 is 0 Å². The molecule has 1 atom stereocenters. The highest BCUT2D eigenvalue weighted by Gasteiger charge is 2.26. The monoisotopic (exact) mass is 327 g/mol. The van der Waals surface area contributed by atoms with E-state index in [4.69, 9.17) is 9.47 Å². The number of rotatable bonds is 4. The molecule has 1 unspecified atom stereocenters. The highest BCUT2D eigenvalue weighted by molar-refractivity contribution is 5.46. The van der Waals surface area contributed by atoms with E-state index in [0.29, 0.717) is 11.8 Å². The summed E-state index contributed by atoms with van der Waals surface area (Å²) in [4.78, 5) is 2.38. The van der Waals surface area contributed by atoms with Crippen LogP contribution < -0.4 is 9.47 Å². The fourth-order valence-corrected chi connectivity index (χ4v) is 3.54. The number of phenols is 1. The fraction of sp³-hybridized carbons (Fsp3) is 0.400. The molecular formula is C20H25NO3. The first kappa shape index (κ1) is 16.7. The van der Waals surface area contributed by atoms with Crippen molar-refractivity contribution in [3.63, 3.8) is 0 Å². The molecule has 24 heavy (non-hydrogen) atoms. The minimum absolute atomic E-state index is 0.194. The third-order valence-electron chi connectivity index (χ3n) is 4.95. The molecule has 3 rings (SSSR count). The number of ether oxygens (including phenoxy) is 2. The number of phenolic OH excluding ortho intramolecular Hbond substituents is 1. The first-order valence-electron chi connectivity index (χ1n) is 8.27. The first-order chi connectivity index (χ1) is 11.5. The molecule has 0 saturated heterocycles. The Kier molecular flexibility index (Phi) is 4.67. The molecule has 4 heteroatoms. The second kappa shape index (κ2) is 6.73. The van der Waals surface area contributed by atoms with Crippen LogP contribution in [0.4, 0.5) is 0 Å². The van der Waals surface area contributed by atoms with Gasteiger partial charge >= 0.3 is 0 Å². The van der Waals surface area contributed by atoms with Gasteiger partial charge in [0.1, 0.15) is 5.75 Å². The van der Waals surface area contributed by atoms with Crippen molar-refractivity contribution in [3.05, 3.63) is 52.6 Å². The standard InChI is InChI=1S/C20H25NO3/c1-13-9-16-15(12-20(13)24-4)7-8-21(2)17(16)10-14-5-6-19(23-3)18(22)11-14/h5-6,9,11-12,17,22H,7-8,10H2,1-4H3. The predicted octanol–water partition coefficient (Wildman–Crippen LogP) is 3.49. The van der Waals surface area contributed by atoms with Gasteiger partial charge in [-0.3, -0.25) is 4.90 Å². The third-order valence-corrected chi connectivity index (χ3v) is 4.95. The van der Waals surface area contributed by atoms with Crippen LogP contribution in [0.1, 0.15) is 28.3 Å². The van der Waals surface area contributed by atoms with Gasteiger partial charge in [0.05, 0.1) is 14.2 Å². The lowest BCUT2D eigenvalue weighted by Crippen LogP contribution is -2.33. The molecule has 2 aromatic carbocycles. The van der Waals surface area contributed by atoms with Crippen LogP contribution in [0.25, 0.3) is 0 Å². The number of nitrogens with zero attached hydrogens (tertiary/aromatic N) is 1. The Bertz CT molecular complexity index is 742. The second-order valence-corrected chi connectivity index (χ2v) is 6.48. The summed E-state index contributed by atoms with van der Waals surface area (Å²) in [5, 5.41) is 10.0. The van der Waals surface area contributed by atoms with E-state index in [1.54, 1.807) is 20.3 Å². The molecule has 1 heterocycles. The molecule has 0 saturated carbocycles. The molecule has 1 aliphatic heterocycles. The van der Waals surface area contributed by atoms with Crippen molar-refractivity contribution in [2.45, 2.75) is 25.8 Å². The van der Waals surface area contributed by atoms with Crippen LogP contribution in [0.2, 0.25) is 0 Å². The fourth-order valence-electron chi connectivity index (χ4n) is 3.54. The number of aromatic hydroxyl groups is 1. The maximum Gasteiger partial charge on any atom is 0.160 e. The largest absolute Gasteiger partial charge is 0.504 e. The Balaban J connectivity index is 1.94. The van der Waals surface area contributed by atoms with Crippen molar-refractivity contribution in [2.75, 3.05) is 27.8 Å². The molecule has 1 aliphatic rings. The number of hydrogen-bond acceptors (Lipinski definition) is 4. The van der Waals surface area contributed by atoms with Gasteiger partial charge in [0.2, 0.25) is 0 Å². The average molecular weight is 327 g/mol. The van der Waals surface area contributed by atoms with E-state index in [9.17, 15) is 5.11 Å². The number of fused-ring (bicyclic) bond motifs is 1. The third kappa shape index (κ3) is 3.06. The summed E-state index contributed by atoms with van der Waals surface area (Å²) in [6.07, 6.45) is 1.89. The zero-order valence-corrected chi connectivity index (χ0v) is 14.8. The van der Waals surface area contributed by atoms with Crippen LogP contribution in [-0.2, 0) is 12.8 Å². The smallest absolute Gasteiger partial charge is 0.160 e. The lowest BCUT2D eigenvalue weighted by Gasteiger charge is -2.35. The molecule has 0 radical (unpaired) electrons. The average Bonchev–Trinajstić information content (AvgIpc) is 2.57. The summed E-state index contributed by atoms with van der Waals surface area (Å²) in [5.41, 5.74) is 4.98. The maximum atomic E-state index is 10.0. The van der Waals surface area contributed by atoms with Crippen LogP contribution in [0.3, 0.4) is 0 Å². The SMILES string of the molecule is COc1cc2c(cc1C)C(Cc1ccc(OC)c(O)c1)N(C)CC2. The Morgan fingerprint density at radius 2 is 1.88 bits per heavy atom. The molecule has 128 valence electrons. The van der Waals surface area contributed by atoms with E-state index in [1.807, 2.05) is 12.1 Å². The van der Waals surface area contributed by atoms with Crippen molar-refractivity contribution in [1.82, 2.24) is 4.90 Å². The molecule has 0 fully saturated rings. The van der Waals surface area contributed by atoms with Gasteiger partial charge in [-0.2, -0.15) is 0 Å². The summed E-state index contributed by atoms with van der Waals surface area (Å²) in [6.45, 7) is 3.11. The zero-order chi connectivity index (χ0) is 17.3. The molecular weight excluding hydrogens is 302 g/mol. The van der Waals surface area contributed by atoms with Gasteiger partial charge in [0, 0.05) is 12.6 Å². The van der Waals surface area contributed by atoms with E-state index in [-0.39, 0.29) is 5.75 Å². The maximum absolute atomic E-state index is 10.0. The summed E-state index contributed by atoms with van der Waals surface area (Å²) in [6, 6.07) is 10.4. The number of hydrogen-bond donors (Lipinski definition) is 1. The topological polar surface area (TPSA) is 41.9 Å². The molecule has 2 aromatic rings. The summed E-state index contributed by atoms with van der Waals surface area (Å²) in [5.74, 6) is 1.66. The van der Waals surface area contributed by atoms with E-state index in [2.05, 4.69) is 31.0 Å². The minimum Gasteiger partial charge on any atom is -0.504 e. The zero-order valence-electron chi connectivity index (χ0n) is 14.8. The van der Waals surface area contributed by atoms with Crippen molar-refractivity contribution < 1.29 is 14.6 Å². The first-order valence-corrected chi connectivity index (χ1v) is 8.27. The molecule has 0 aromatic heterocycles. The van der Waals surface area contributed by atoms with Crippen LogP contribution in [0.5, 0.6) is 17.2 Å². The molecule has 1 N–H and O–H groups in total. The normalized spacial score (nSPS) is 17.4. The highest BCUT2D eigenvalue weighted by atomic mass is 16.5. The summed E-state index contributed by atoms with van der Waals surface area (Å²) < 4.78 is 10.6. The van der Waals surface area contributed by atoms with Gasteiger partial charge in [-0.25, -0.2) is 0 Å². The van der Waals surface area contributed by atoms with E-state index in [1.165, 1.54) is 11.1 Å². The van der Waals surface area contributed by atoms with Crippen LogP contribution >= 0.6 is 0 Å². The quantitative estimate of drug-likeness (QED) is 0.933. The van der Waals surface area contributed by atoms with Crippen molar-refractivity contribution >= 4 is 0 Å². The van der Waals surface area contributed by atoms with Gasteiger partial charge in [0.25, 0.3) is 0 Å². The van der Waals surface area contributed by atoms with E-state index < -0.39 is 0 Å². The molecule has 0 spiro atoms. The number of aryl methyl sites for hydroxylation is 1. The Hall–Kier alpha value is -2.20. The second-order valence-electron chi connectivity index (χ2n) is 6.48. The predicted molar refractivity (Wildman–Crippen MR) is 95.2 cm³/mol. The van der Waals surface area contributed by atoms with Crippen molar-refractivity contribution in [1.29, 1.82) is 0 Å². The van der Waals surface area contributed by atoms with Crippen molar-refractivity contribution in [2.24, 2.45) is 0 Å². The lowest BCUT2D eigenvalue weighted by atomic mass is 9.87. The van der Waals surface area contributed by atoms with Crippen molar-refractivity contribution in [3.8, 4) is 17.2 Å². The number of likely N-dealkylation sites (N-methyl/N-ethyl adjacent to an activating group) is 1. The van der Waals surface area contributed by atoms with Gasteiger partial charge in [0.15, 0.2) is 11.5 Å². The Morgan fingerprint density at radius 1 is 1.12 bits per heavy atom. The van der Waals surface area contributed by atoms with Gasteiger partial charge in [-0.05, 0) is 67.3 Å². The summed E-state index contributed by atoms with van der Waals surface area (Å²) in [7, 11) is 5.45. The highest BCUT2D eigenvalue weighted by Crippen LogP contribution is 2.36. The molecule has 4 nitrogen and oxygen atoms in total. The Labute approximate surface area is 143 Å². The molecule has 0 amide bonds. The van der Waals surface area contributed by atoms with Gasteiger partial charge in [-0.15, -0.1) is 0 Å². The van der Waals surface area contributed by atoms with Gasteiger partial charge < -0.3 is 14.6 Å². The number of methoxy groups -OCH3 is 2. The molecule has 0 bridgehead atoms. The van der Waals surface area contributed by atoms with Crippen LogP contribution in [0.15, 0.2) is 30.3 Å².